The fraction of sp³-hybridized carbons (Fsp3) is 0.231. The van der Waals surface area contributed by atoms with E-state index in [9.17, 15) is 0 Å². The van der Waals surface area contributed by atoms with Crippen molar-refractivity contribution in [2.75, 3.05) is 5.73 Å². The molecule has 0 aliphatic carbocycles. The molecule has 0 amide bonds. The first-order chi connectivity index (χ1) is 8.08. The van der Waals surface area contributed by atoms with Crippen LogP contribution in [0.15, 0.2) is 24.5 Å². The van der Waals surface area contributed by atoms with Crippen LogP contribution in [0.3, 0.4) is 0 Å². The van der Waals surface area contributed by atoms with Crippen LogP contribution in [0.25, 0.3) is 0 Å². The molecule has 2 aromatic rings. The van der Waals surface area contributed by atoms with Crippen LogP contribution in [0.4, 0.5) is 5.82 Å². The van der Waals surface area contributed by atoms with E-state index < -0.39 is 0 Å². The number of nitrogens with zero attached hydrogens (tertiary/aromatic N) is 2. The van der Waals surface area contributed by atoms with Crippen LogP contribution in [0.5, 0.6) is 11.6 Å². The van der Waals surface area contributed by atoms with Gasteiger partial charge in [0.25, 0.3) is 0 Å². The summed E-state index contributed by atoms with van der Waals surface area (Å²) in [7, 11) is 0. The minimum absolute atomic E-state index is 0.384. The van der Waals surface area contributed by atoms with Gasteiger partial charge < -0.3 is 10.5 Å². The van der Waals surface area contributed by atoms with E-state index in [0.29, 0.717) is 11.7 Å². The third-order valence-electron chi connectivity index (χ3n) is 2.73. The molecule has 0 aliphatic rings. The topological polar surface area (TPSA) is 61.0 Å². The molecule has 1 aromatic carbocycles. The fourth-order valence-corrected chi connectivity index (χ4v) is 1.57. The summed E-state index contributed by atoms with van der Waals surface area (Å²) in [5.41, 5.74) is 8.85. The maximum absolute atomic E-state index is 5.75. The van der Waals surface area contributed by atoms with Gasteiger partial charge in [-0.2, -0.15) is 0 Å². The highest BCUT2D eigenvalue weighted by atomic mass is 16.5. The van der Waals surface area contributed by atoms with Crippen LogP contribution in [-0.4, -0.2) is 9.97 Å². The van der Waals surface area contributed by atoms with Crippen molar-refractivity contribution in [2.24, 2.45) is 0 Å². The van der Waals surface area contributed by atoms with Crippen molar-refractivity contribution in [3.05, 3.63) is 41.2 Å². The number of hydrogen-bond acceptors (Lipinski definition) is 4. The molecule has 1 heterocycles. The second-order valence-corrected chi connectivity index (χ2v) is 4.04. The average molecular weight is 229 g/mol. The zero-order valence-corrected chi connectivity index (χ0v) is 10.2. The zero-order chi connectivity index (χ0) is 12.4. The maximum atomic E-state index is 5.75. The van der Waals surface area contributed by atoms with E-state index in [1.165, 1.54) is 18.0 Å². The fourth-order valence-electron chi connectivity index (χ4n) is 1.57. The van der Waals surface area contributed by atoms with Gasteiger partial charge in [-0.15, -0.1) is 0 Å². The highest BCUT2D eigenvalue weighted by molar-refractivity contribution is 5.46. The highest BCUT2D eigenvalue weighted by Gasteiger charge is 2.08. The Hall–Kier alpha value is -2.10. The summed E-state index contributed by atoms with van der Waals surface area (Å²) < 4.78 is 5.75. The Labute approximate surface area is 100 Å². The van der Waals surface area contributed by atoms with Gasteiger partial charge in [0.05, 0.1) is 12.4 Å². The van der Waals surface area contributed by atoms with E-state index in [1.54, 1.807) is 0 Å². The summed E-state index contributed by atoms with van der Waals surface area (Å²) in [6, 6.07) is 4.11. The van der Waals surface area contributed by atoms with Crippen molar-refractivity contribution >= 4 is 5.82 Å². The molecule has 4 heteroatoms. The molecular formula is C13H15N3O. The van der Waals surface area contributed by atoms with Crippen LogP contribution in [0.1, 0.15) is 16.7 Å². The van der Waals surface area contributed by atoms with Crippen LogP contribution in [0, 0.1) is 20.8 Å². The van der Waals surface area contributed by atoms with Gasteiger partial charge in [0.1, 0.15) is 11.6 Å². The molecule has 1 aromatic heterocycles. The van der Waals surface area contributed by atoms with E-state index >= 15 is 0 Å². The lowest BCUT2D eigenvalue weighted by atomic mass is 10.1. The van der Waals surface area contributed by atoms with Crippen molar-refractivity contribution in [3.8, 4) is 11.6 Å². The van der Waals surface area contributed by atoms with Crippen molar-refractivity contribution in [1.29, 1.82) is 0 Å². The number of anilines is 1. The molecule has 0 bridgehead atoms. The smallest absolute Gasteiger partial charge is 0.238 e. The number of aryl methyl sites for hydroxylation is 2. The predicted molar refractivity (Wildman–Crippen MR) is 67.2 cm³/mol. The quantitative estimate of drug-likeness (QED) is 0.860. The number of hydrogen-bond donors (Lipinski definition) is 1. The van der Waals surface area contributed by atoms with E-state index in [1.807, 2.05) is 19.9 Å². The monoisotopic (exact) mass is 229 g/mol. The largest absolute Gasteiger partial charge is 0.437 e. The predicted octanol–water partition coefficient (Wildman–Crippen LogP) is 2.78. The summed E-state index contributed by atoms with van der Waals surface area (Å²) in [6.45, 7) is 6.09. The third-order valence-corrected chi connectivity index (χ3v) is 2.73. The van der Waals surface area contributed by atoms with Crippen molar-refractivity contribution < 1.29 is 4.74 Å². The number of ether oxygens (including phenoxy) is 1. The second kappa shape index (κ2) is 4.41. The highest BCUT2D eigenvalue weighted by Crippen LogP contribution is 2.29. The molecule has 0 fully saturated rings. The van der Waals surface area contributed by atoms with Gasteiger partial charge in [0, 0.05) is 0 Å². The number of nitrogen functional groups attached to an aromatic ring is 1. The van der Waals surface area contributed by atoms with E-state index in [-0.39, 0.29) is 0 Å². The van der Waals surface area contributed by atoms with Crippen molar-refractivity contribution in [3.63, 3.8) is 0 Å². The van der Waals surface area contributed by atoms with Gasteiger partial charge >= 0.3 is 0 Å². The second-order valence-electron chi connectivity index (χ2n) is 4.04. The standard InChI is InChI=1S/C13H15N3O/c1-8-4-5-9(2)13(10(8)3)17-12-7-15-11(14)6-16-12/h4-7H,1-3H3,(H2,14,15). The van der Waals surface area contributed by atoms with Gasteiger partial charge in [0.2, 0.25) is 5.88 Å². The maximum Gasteiger partial charge on any atom is 0.238 e. The first-order valence-electron chi connectivity index (χ1n) is 5.40. The summed E-state index contributed by atoms with van der Waals surface area (Å²) in [6.07, 6.45) is 3.01. The van der Waals surface area contributed by atoms with Crippen LogP contribution in [-0.2, 0) is 0 Å². The minimum atomic E-state index is 0.384. The number of benzene rings is 1. The molecule has 0 saturated carbocycles. The Morgan fingerprint density at radius 3 is 2.35 bits per heavy atom. The zero-order valence-electron chi connectivity index (χ0n) is 10.2. The van der Waals surface area contributed by atoms with E-state index in [0.717, 1.165) is 16.9 Å². The van der Waals surface area contributed by atoms with Crippen LogP contribution < -0.4 is 10.5 Å². The van der Waals surface area contributed by atoms with Gasteiger partial charge in [-0.1, -0.05) is 12.1 Å². The molecule has 0 unspecified atom stereocenters. The van der Waals surface area contributed by atoms with Gasteiger partial charge in [-0.05, 0) is 37.5 Å². The Balaban J connectivity index is 2.36. The Kier molecular flexibility index (Phi) is 2.95. The van der Waals surface area contributed by atoms with Crippen LogP contribution >= 0.6 is 0 Å². The molecule has 2 N–H and O–H groups in total. The summed E-state index contributed by atoms with van der Waals surface area (Å²) in [5.74, 6) is 1.68. The number of rotatable bonds is 2. The Bertz CT molecular complexity index is 535. The van der Waals surface area contributed by atoms with Gasteiger partial charge in [-0.25, -0.2) is 9.97 Å². The summed E-state index contributed by atoms with van der Waals surface area (Å²) in [4.78, 5) is 8.02. The van der Waals surface area contributed by atoms with Gasteiger partial charge in [-0.3, -0.25) is 0 Å². The molecule has 0 spiro atoms. The van der Waals surface area contributed by atoms with Crippen molar-refractivity contribution in [2.45, 2.75) is 20.8 Å². The summed E-state index contributed by atoms with van der Waals surface area (Å²) in [5, 5.41) is 0. The Morgan fingerprint density at radius 2 is 1.71 bits per heavy atom. The SMILES string of the molecule is Cc1ccc(C)c(Oc2cnc(N)cn2)c1C. The molecule has 17 heavy (non-hydrogen) atoms. The molecule has 4 nitrogen and oxygen atoms in total. The lowest BCUT2D eigenvalue weighted by Gasteiger charge is -2.12. The first-order valence-corrected chi connectivity index (χ1v) is 5.40. The first kappa shape index (κ1) is 11.4. The number of nitrogens with two attached hydrogens (primary N) is 1. The molecule has 0 atom stereocenters. The van der Waals surface area contributed by atoms with Gasteiger partial charge in [0.15, 0.2) is 0 Å². The molecule has 0 radical (unpaired) electrons. The molecule has 0 saturated heterocycles. The lowest BCUT2D eigenvalue weighted by Crippen LogP contribution is -1.97. The van der Waals surface area contributed by atoms with E-state index in [4.69, 9.17) is 10.5 Å². The number of aromatic nitrogens is 2. The molecule has 88 valence electrons. The minimum Gasteiger partial charge on any atom is -0.437 e. The molecule has 0 aliphatic heterocycles. The molecule has 2 rings (SSSR count). The lowest BCUT2D eigenvalue weighted by molar-refractivity contribution is 0.453. The molecular weight excluding hydrogens is 214 g/mol. The van der Waals surface area contributed by atoms with Crippen LogP contribution in [0.2, 0.25) is 0 Å². The summed E-state index contributed by atoms with van der Waals surface area (Å²) >= 11 is 0. The third kappa shape index (κ3) is 2.36. The normalized spacial score (nSPS) is 10.3. The Morgan fingerprint density at radius 1 is 1.00 bits per heavy atom. The average Bonchev–Trinajstić information content (AvgIpc) is 2.32. The van der Waals surface area contributed by atoms with Crippen molar-refractivity contribution in [1.82, 2.24) is 9.97 Å². The van der Waals surface area contributed by atoms with E-state index in [2.05, 4.69) is 23.0 Å².